The molecule has 9 heteroatoms. The molecule has 0 bridgehead atoms. The second-order valence-electron chi connectivity index (χ2n) is 4.09. The average Bonchev–Trinajstić information content (AvgIpc) is 2.37. The molecule has 1 aromatic carbocycles. The summed E-state index contributed by atoms with van der Waals surface area (Å²) in [5, 5.41) is 7.13. The second kappa shape index (κ2) is 5.46. The van der Waals surface area contributed by atoms with Crippen molar-refractivity contribution in [2.75, 3.05) is 5.32 Å². The Morgan fingerprint density at radius 2 is 2.00 bits per heavy atom. The van der Waals surface area contributed by atoms with E-state index in [1.165, 1.54) is 18.3 Å². The molecule has 1 aromatic heterocycles. The van der Waals surface area contributed by atoms with E-state index in [-0.39, 0.29) is 11.3 Å². The molecule has 2 aromatic rings. The van der Waals surface area contributed by atoms with E-state index in [1.54, 1.807) is 0 Å². The lowest BCUT2D eigenvalue weighted by molar-refractivity contribution is 0.102. The van der Waals surface area contributed by atoms with E-state index in [4.69, 9.17) is 5.14 Å². The van der Waals surface area contributed by atoms with E-state index in [1.807, 2.05) is 0 Å². The number of benzene rings is 1. The fourth-order valence-electron chi connectivity index (χ4n) is 1.60. The van der Waals surface area contributed by atoms with Gasteiger partial charge in [-0.05, 0) is 30.3 Å². The van der Waals surface area contributed by atoms with Crippen molar-refractivity contribution in [1.29, 1.82) is 0 Å². The normalized spacial score (nSPS) is 11.1. The molecule has 110 valence electrons. The number of aromatic nitrogens is 1. The first-order valence-corrected chi connectivity index (χ1v) is 7.14. The van der Waals surface area contributed by atoms with Gasteiger partial charge in [-0.25, -0.2) is 17.9 Å². The summed E-state index contributed by atoms with van der Waals surface area (Å²) in [5.41, 5.74) is -0.954. The van der Waals surface area contributed by atoms with Crippen molar-refractivity contribution >= 4 is 21.6 Å². The third kappa shape index (κ3) is 3.52. The Balaban J connectivity index is 2.37. The molecule has 0 atom stereocenters. The van der Waals surface area contributed by atoms with Crippen molar-refractivity contribution in [3.8, 4) is 0 Å². The van der Waals surface area contributed by atoms with E-state index in [9.17, 15) is 22.4 Å². The van der Waals surface area contributed by atoms with Crippen LogP contribution >= 0.6 is 0 Å². The van der Waals surface area contributed by atoms with Gasteiger partial charge >= 0.3 is 0 Å². The Hall–Kier alpha value is -2.52. The first-order chi connectivity index (χ1) is 9.77. The van der Waals surface area contributed by atoms with Crippen LogP contribution < -0.4 is 16.0 Å². The van der Waals surface area contributed by atoms with Gasteiger partial charge in [0.15, 0.2) is 0 Å². The first-order valence-electron chi connectivity index (χ1n) is 5.60. The molecule has 0 radical (unpaired) electrons. The molecule has 21 heavy (non-hydrogen) atoms. The summed E-state index contributed by atoms with van der Waals surface area (Å²) in [6, 6.07) is 5.34. The molecule has 7 nitrogen and oxygen atoms in total. The van der Waals surface area contributed by atoms with Gasteiger partial charge in [0.1, 0.15) is 11.4 Å². The van der Waals surface area contributed by atoms with E-state index in [0.29, 0.717) is 0 Å². The molecule has 0 aliphatic rings. The molecule has 0 aliphatic heterocycles. The number of hydrogen-bond donors (Lipinski definition) is 3. The Morgan fingerprint density at radius 3 is 2.62 bits per heavy atom. The number of anilines is 1. The van der Waals surface area contributed by atoms with Crippen LogP contribution in [0.15, 0.2) is 46.2 Å². The highest BCUT2D eigenvalue weighted by molar-refractivity contribution is 7.89. The second-order valence-corrected chi connectivity index (χ2v) is 5.65. The Labute approximate surface area is 118 Å². The number of sulfonamides is 1. The van der Waals surface area contributed by atoms with Crippen LogP contribution in [0.25, 0.3) is 0 Å². The van der Waals surface area contributed by atoms with Gasteiger partial charge in [0.05, 0.1) is 4.90 Å². The highest BCUT2D eigenvalue weighted by Gasteiger charge is 2.14. The summed E-state index contributed by atoms with van der Waals surface area (Å²) >= 11 is 0. The first kappa shape index (κ1) is 14.9. The zero-order valence-electron chi connectivity index (χ0n) is 10.5. The SMILES string of the molecule is NS(=O)(=O)c1cc(F)cc(NC(=O)c2ccc[nH]c2=O)c1. The molecule has 0 spiro atoms. The lowest BCUT2D eigenvalue weighted by Crippen LogP contribution is -2.22. The minimum Gasteiger partial charge on any atom is -0.328 e. The summed E-state index contributed by atoms with van der Waals surface area (Å²) in [6.07, 6.45) is 1.35. The standard InChI is InChI=1S/C12H10FN3O4S/c13-7-4-8(6-9(5-7)21(14,19)20)16-12(18)10-2-1-3-15-11(10)17/h1-6H,(H,15,17)(H,16,18)(H2,14,19,20). The van der Waals surface area contributed by atoms with Crippen molar-refractivity contribution in [3.05, 3.63) is 58.3 Å². The molecule has 2 rings (SSSR count). The Kier molecular flexibility index (Phi) is 3.87. The predicted octanol–water partition coefficient (Wildman–Crippen LogP) is 0.414. The number of halogens is 1. The van der Waals surface area contributed by atoms with Gasteiger partial charge in [-0.3, -0.25) is 9.59 Å². The maximum atomic E-state index is 13.4. The summed E-state index contributed by atoms with van der Waals surface area (Å²) in [5.74, 6) is -1.69. The smallest absolute Gasteiger partial charge is 0.261 e. The number of H-pyrrole nitrogens is 1. The third-order valence-electron chi connectivity index (χ3n) is 2.52. The zero-order valence-corrected chi connectivity index (χ0v) is 11.3. The van der Waals surface area contributed by atoms with Crippen LogP contribution in [0.5, 0.6) is 0 Å². The van der Waals surface area contributed by atoms with Crippen LogP contribution in [0.1, 0.15) is 10.4 Å². The monoisotopic (exact) mass is 311 g/mol. The van der Waals surface area contributed by atoms with Gasteiger partial charge in [-0.1, -0.05) is 0 Å². The molecule has 0 saturated heterocycles. The van der Waals surface area contributed by atoms with Crippen LogP contribution in [0.2, 0.25) is 0 Å². The fourth-order valence-corrected chi connectivity index (χ4v) is 2.17. The summed E-state index contributed by atoms with van der Waals surface area (Å²) in [7, 11) is -4.12. The van der Waals surface area contributed by atoms with E-state index in [2.05, 4.69) is 10.3 Å². The van der Waals surface area contributed by atoms with Crippen LogP contribution in [0, 0.1) is 5.82 Å². The lowest BCUT2D eigenvalue weighted by atomic mass is 10.2. The van der Waals surface area contributed by atoms with Gasteiger partial charge in [0.25, 0.3) is 11.5 Å². The maximum Gasteiger partial charge on any atom is 0.261 e. The number of carbonyl (C=O) groups excluding carboxylic acids is 1. The van der Waals surface area contributed by atoms with E-state index < -0.39 is 32.2 Å². The topological polar surface area (TPSA) is 122 Å². The molecule has 0 fully saturated rings. The molecule has 1 heterocycles. The van der Waals surface area contributed by atoms with Gasteiger partial charge in [0, 0.05) is 11.9 Å². The highest BCUT2D eigenvalue weighted by atomic mass is 32.2. The number of hydrogen-bond acceptors (Lipinski definition) is 4. The summed E-state index contributed by atoms with van der Waals surface area (Å²) in [6.45, 7) is 0. The Morgan fingerprint density at radius 1 is 1.29 bits per heavy atom. The number of aromatic amines is 1. The van der Waals surface area contributed by atoms with Gasteiger partial charge in [-0.15, -0.1) is 0 Å². The van der Waals surface area contributed by atoms with Gasteiger partial charge < -0.3 is 10.3 Å². The van der Waals surface area contributed by atoms with Crippen molar-refractivity contribution in [1.82, 2.24) is 4.98 Å². The van der Waals surface area contributed by atoms with Crippen LogP contribution in [-0.4, -0.2) is 19.3 Å². The number of pyridine rings is 1. The van der Waals surface area contributed by atoms with Gasteiger partial charge in [-0.2, -0.15) is 0 Å². The van der Waals surface area contributed by atoms with Crippen molar-refractivity contribution < 1.29 is 17.6 Å². The molecular weight excluding hydrogens is 301 g/mol. The summed E-state index contributed by atoms with van der Waals surface area (Å²) in [4.78, 5) is 25.1. The van der Waals surface area contributed by atoms with Crippen LogP contribution in [0.4, 0.5) is 10.1 Å². The Bertz CT molecular complexity index is 861. The fraction of sp³-hybridized carbons (Fsp3) is 0. The number of nitrogens with two attached hydrogens (primary N) is 1. The zero-order chi connectivity index (χ0) is 15.6. The number of amides is 1. The van der Waals surface area contributed by atoms with Crippen LogP contribution in [-0.2, 0) is 10.0 Å². The minimum atomic E-state index is -4.12. The molecule has 0 aliphatic carbocycles. The van der Waals surface area contributed by atoms with Crippen LogP contribution in [0.3, 0.4) is 0 Å². The van der Waals surface area contributed by atoms with Gasteiger partial charge in [0.2, 0.25) is 10.0 Å². The molecule has 1 amide bonds. The highest BCUT2D eigenvalue weighted by Crippen LogP contribution is 2.17. The molecule has 0 unspecified atom stereocenters. The van der Waals surface area contributed by atoms with E-state index in [0.717, 1.165) is 18.2 Å². The minimum absolute atomic E-state index is 0.132. The van der Waals surface area contributed by atoms with Crippen molar-refractivity contribution in [3.63, 3.8) is 0 Å². The third-order valence-corrected chi connectivity index (χ3v) is 3.41. The quantitative estimate of drug-likeness (QED) is 0.760. The average molecular weight is 311 g/mol. The largest absolute Gasteiger partial charge is 0.328 e. The lowest BCUT2D eigenvalue weighted by Gasteiger charge is -2.07. The van der Waals surface area contributed by atoms with Crippen molar-refractivity contribution in [2.24, 2.45) is 5.14 Å². The number of primary sulfonamides is 1. The number of nitrogens with one attached hydrogen (secondary N) is 2. The maximum absolute atomic E-state index is 13.4. The molecular formula is C12H10FN3O4S. The molecule has 0 saturated carbocycles. The van der Waals surface area contributed by atoms with E-state index >= 15 is 0 Å². The summed E-state index contributed by atoms with van der Waals surface area (Å²) < 4.78 is 35.7. The number of carbonyl (C=O) groups is 1. The molecule has 4 N–H and O–H groups in total. The van der Waals surface area contributed by atoms with Crippen molar-refractivity contribution in [2.45, 2.75) is 4.90 Å². The number of rotatable bonds is 3. The predicted molar refractivity (Wildman–Crippen MR) is 72.8 cm³/mol.